The molecule has 0 spiro atoms. The van der Waals surface area contributed by atoms with Gasteiger partial charge < -0.3 is 16.0 Å². The molecule has 1 unspecified atom stereocenters. The van der Waals surface area contributed by atoms with Crippen LogP contribution in [0, 0.1) is 5.41 Å². The second kappa shape index (κ2) is 7.27. The maximum atomic E-state index is 11.5. The fraction of sp³-hybridized carbons (Fsp3) is 0.833. The van der Waals surface area contributed by atoms with Crippen LogP contribution in [0.2, 0.25) is 0 Å². The summed E-state index contributed by atoms with van der Waals surface area (Å²) in [5.41, 5.74) is -0.583. The van der Waals surface area contributed by atoms with Crippen molar-refractivity contribution in [3.63, 3.8) is 0 Å². The van der Waals surface area contributed by atoms with Crippen LogP contribution in [-0.2, 0) is 9.59 Å². The van der Waals surface area contributed by atoms with E-state index in [0.717, 1.165) is 6.42 Å². The highest BCUT2D eigenvalue weighted by molar-refractivity contribution is 5.83. The fourth-order valence-electron chi connectivity index (χ4n) is 1.21. The number of hydrogen-bond donors (Lipinski definition) is 3. The smallest absolute Gasteiger partial charge is 0.233 e. The minimum Gasteiger partial charge on any atom is -0.359 e. The first-order valence-corrected chi connectivity index (χ1v) is 6.05. The zero-order valence-electron chi connectivity index (χ0n) is 11.5. The molecule has 5 nitrogen and oxygen atoms in total. The molecule has 3 N–H and O–H groups in total. The quantitative estimate of drug-likeness (QED) is 0.601. The maximum absolute atomic E-state index is 11.5. The highest BCUT2D eigenvalue weighted by Crippen LogP contribution is 2.12. The molecule has 0 aromatic heterocycles. The summed E-state index contributed by atoms with van der Waals surface area (Å²) in [6, 6.07) is 0.327. The van der Waals surface area contributed by atoms with Crippen LogP contribution in [0.5, 0.6) is 0 Å². The van der Waals surface area contributed by atoms with Crippen molar-refractivity contribution in [3.05, 3.63) is 0 Å². The van der Waals surface area contributed by atoms with E-state index in [1.165, 1.54) is 0 Å². The van der Waals surface area contributed by atoms with E-state index in [2.05, 4.69) is 22.9 Å². The van der Waals surface area contributed by atoms with Gasteiger partial charge in [0.1, 0.15) is 0 Å². The Bertz CT molecular complexity index is 264. The Kier molecular flexibility index (Phi) is 6.80. The molecule has 0 fully saturated rings. The highest BCUT2D eigenvalue weighted by atomic mass is 16.2. The van der Waals surface area contributed by atoms with Gasteiger partial charge in [-0.25, -0.2) is 0 Å². The van der Waals surface area contributed by atoms with Crippen molar-refractivity contribution in [2.75, 3.05) is 20.1 Å². The minimum atomic E-state index is -0.583. The van der Waals surface area contributed by atoms with Crippen LogP contribution in [-0.4, -0.2) is 38.0 Å². The van der Waals surface area contributed by atoms with Gasteiger partial charge >= 0.3 is 0 Å². The molecule has 0 saturated carbocycles. The van der Waals surface area contributed by atoms with Gasteiger partial charge in [0.05, 0.1) is 12.0 Å². The normalized spacial score (nSPS) is 13.0. The number of hydrogen-bond acceptors (Lipinski definition) is 3. The molecule has 0 radical (unpaired) electrons. The number of carbonyl (C=O) groups excluding carboxylic acids is 2. The van der Waals surface area contributed by atoms with Gasteiger partial charge in [-0.15, -0.1) is 0 Å². The highest BCUT2D eigenvalue weighted by Gasteiger charge is 2.26. The first-order valence-electron chi connectivity index (χ1n) is 6.05. The van der Waals surface area contributed by atoms with Gasteiger partial charge in [-0.1, -0.05) is 6.92 Å². The summed E-state index contributed by atoms with van der Waals surface area (Å²) in [6.07, 6.45) is 0.983. The zero-order valence-corrected chi connectivity index (χ0v) is 11.5. The molecule has 0 aromatic carbocycles. The van der Waals surface area contributed by atoms with Gasteiger partial charge in [0.25, 0.3) is 0 Å². The predicted molar refractivity (Wildman–Crippen MR) is 68.6 cm³/mol. The largest absolute Gasteiger partial charge is 0.359 e. The van der Waals surface area contributed by atoms with Crippen molar-refractivity contribution in [1.29, 1.82) is 0 Å². The molecule has 1 atom stereocenters. The molecule has 100 valence electrons. The Balaban J connectivity index is 3.95. The molecule has 0 bridgehead atoms. The van der Waals surface area contributed by atoms with E-state index in [-0.39, 0.29) is 11.8 Å². The number of rotatable bonds is 7. The first kappa shape index (κ1) is 15.9. The lowest BCUT2D eigenvalue weighted by Crippen LogP contribution is -2.46. The maximum Gasteiger partial charge on any atom is 0.233 e. The van der Waals surface area contributed by atoms with E-state index in [4.69, 9.17) is 0 Å². The predicted octanol–water partition coefficient (Wildman–Crippen LogP) is 0.263. The Hall–Kier alpha value is -1.10. The summed E-state index contributed by atoms with van der Waals surface area (Å²) < 4.78 is 0. The SMILES string of the molecule is CCC(C)NCC(=O)NCC(C)(C)C(=O)NC. The third-order valence-corrected chi connectivity index (χ3v) is 2.79. The molecule has 2 amide bonds. The third-order valence-electron chi connectivity index (χ3n) is 2.79. The van der Waals surface area contributed by atoms with E-state index in [0.29, 0.717) is 19.1 Å². The standard InChI is InChI=1S/C12H25N3O2/c1-6-9(2)14-7-10(16)15-8-12(3,4)11(17)13-5/h9,14H,6-8H2,1-5H3,(H,13,17)(H,15,16). The van der Waals surface area contributed by atoms with E-state index < -0.39 is 5.41 Å². The van der Waals surface area contributed by atoms with Gasteiger partial charge in [-0.2, -0.15) is 0 Å². The number of amides is 2. The van der Waals surface area contributed by atoms with E-state index >= 15 is 0 Å². The van der Waals surface area contributed by atoms with Gasteiger partial charge in [0, 0.05) is 19.6 Å². The van der Waals surface area contributed by atoms with Crippen molar-refractivity contribution < 1.29 is 9.59 Å². The third kappa shape index (κ3) is 6.26. The molecule has 17 heavy (non-hydrogen) atoms. The van der Waals surface area contributed by atoms with Gasteiger partial charge in [0.15, 0.2) is 0 Å². The Morgan fingerprint density at radius 3 is 2.35 bits per heavy atom. The molecule has 5 heteroatoms. The number of nitrogens with one attached hydrogen (secondary N) is 3. The second-order valence-corrected chi connectivity index (χ2v) is 4.93. The summed E-state index contributed by atoms with van der Waals surface area (Å²) >= 11 is 0. The lowest BCUT2D eigenvalue weighted by Gasteiger charge is -2.23. The molecule has 0 aliphatic heterocycles. The van der Waals surface area contributed by atoms with Crippen molar-refractivity contribution >= 4 is 11.8 Å². The van der Waals surface area contributed by atoms with Crippen LogP contribution < -0.4 is 16.0 Å². The average Bonchev–Trinajstić information content (AvgIpc) is 2.32. The van der Waals surface area contributed by atoms with Crippen molar-refractivity contribution in [3.8, 4) is 0 Å². The van der Waals surface area contributed by atoms with Crippen molar-refractivity contribution in [2.45, 2.75) is 40.2 Å². The van der Waals surface area contributed by atoms with Gasteiger partial charge in [-0.05, 0) is 27.2 Å². The summed E-state index contributed by atoms with van der Waals surface area (Å²) in [6.45, 7) is 8.32. The molecular formula is C12H25N3O2. The number of carbonyl (C=O) groups is 2. The van der Waals surface area contributed by atoms with Gasteiger partial charge in [-0.3, -0.25) is 9.59 Å². The zero-order chi connectivity index (χ0) is 13.5. The van der Waals surface area contributed by atoms with Crippen molar-refractivity contribution in [1.82, 2.24) is 16.0 Å². The summed E-state index contributed by atoms with van der Waals surface area (Å²) in [5, 5.41) is 8.44. The van der Waals surface area contributed by atoms with E-state index in [1.807, 2.05) is 6.92 Å². The monoisotopic (exact) mass is 243 g/mol. The van der Waals surface area contributed by atoms with Crippen LogP contribution in [0.1, 0.15) is 34.1 Å². The molecule has 0 aliphatic carbocycles. The molecule has 0 aliphatic rings. The lowest BCUT2D eigenvalue weighted by atomic mass is 9.92. The van der Waals surface area contributed by atoms with E-state index in [1.54, 1.807) is 20.9 Å². The topological polar surface area (TPSA) is 70.2 Å². The molecular weight excluding hydrogens is 218 g/mol. The van der Waals surface area contributed by atoms with E-state index in [9.17, 15) is 9.59 Å². The van der Waals surface area contributed by atoms with Crippen LogP contribution in [0.3, 0.4) is 0 Å². The van der Waals surface area contributed by atoms with Crippen LogP contribution in [0.15, 0.2) is 0 Å². The Morgan fingerprint density at radius 2 is 1.88 bits per heavy atom. The average molecular weight is 243 g/mol. The summed E-state index contributed by atoms with van der Waals surface area (Å²) in [7, 11) is 1.59. The van der Waals surface area contributed by atoms with Crippen LogP contribution >= 0.6 is 0 Å². The van der Waals surface area contributed by atoms with Gasteiger partial charge in [0.2, 0.25) is 11.8 Å². The molecule has 0 saturated heterocycles. The summed E-state index contributed by atoms with van der Waals surface area (Å²) in [4.78, 5) is 23.0. The lowest BCUT2D eigenvalue weighted by molar-refractivity contribution is -0.129. The molecule has 0 aromatic rings. The fourth-order valence-corrected chi connectivity index (χ4v) is 1.21. The van der Waals surface area contributed by atoms with Crippen molar-refractivity contribution in [2.24, 2.45) is 5.41 Å². The Morgan fingerprint density at radius 1 is 1.29 bits per heavy atom. The molecule has 0 rings (SSSR count). The van der Waals surface area contributed by atoms with Crippen LogP contribution in [0.25, 0.3) is 0 Å². The minimum absolute atomic E-state index is 0.0762. The summed E-state index contributed by atoms with van der Waals surface area (Å²) in [5.74, 6) is -0.157. The first-order chi connectivity index (χ1) is 7.83. The Labute approximate surface area is 104 Å². The van der Waals surface area contributed by atoms with Crippen LogP contribution in [0.4, 0.5) is 0 Å². The second-order valence-electron chi connectivity index (χ2n) is 4.93. The molecule has 0 heterocycles.